The van der Waals surface area contributed by atoms with Crippen LogP contribution in [0.3, 0.4) is 0 Å². The standard InChI is InChI=1S/C10H14ClN3O/c1-10(2,3)14-9(15)6-4-8(11)13-5-7(6)12/h4-5H,12H2,1-3H3,(H,14,15). The van der Waals surface area contributed by atoms with Gasteiger partial charge >= 0.3 is 0 Å². The summed E-state index contributed by atoms with van der Waals surface area (Å²) in [6.07, 6.45) is 1.37. The van der Waals surface area contributed by atoms with Crippen molar-refractivity contribution >= 4 is 23.2 Å². The zero-order valence-electron chi connectivity index (χ0n) is 8.97. The van der Waals surface area contributed by atoms with Crippen LogP contribution >= 0.6 is 11.6 Å². The molecule has 1 aromatic heterocycles. The maximum Gasteiger partial charge on any atom is 0.253 e. The SMILES string of the molecule is CC(C)(C)NC(=O)c1cc(Cl)ncc1N. The number of amides is 1. The van der Waals surface area contributed by atoms with Crippen LogP contribution in [0.4, 0.5) is 5.69 Å². The first-order chi connectivity index (χ1) is 6.79. The summed E-state index contributed by atoms with van der Waals surface area (Å²) in [5, 5.41) is 3.05. The molecule has 1 amide bonds. The van der Waals surface area contributed by atoms with Crippen LogP contribution in [0.2, 0.25) is 5.15 Å². The van der Waals surface area contributed by atoms with Gasteiger partial charge in [-0.15, -0.1) is 0 Å². The topological polar surface area (TPSA) is 68.0 Å². The molecule has 1 heterocycles. The summed E-state index contributed by atoms with van der Waals surface area (Å²) >= 11 is 5.69. The van der Waals surface area contributed by atoms with Gasteiger partial charge in [0.05, 0.1) is 17.4 Å². The molecule has 0 saturated carbocycles. The number of carbonyl (C=O) groups is 1. The van der Waals surface area contributed by atoms with Crippen molar-refractivity contribution < 1.29 is 4.79 Å². The number of nitrogens with zero attached hydrogens (tertiary/aromatic N) is 1. The number of nitrogens with one attached hydrogen (secondary N) is 1. The van der Waals surface area contributed by atoms with Crippen LogP contribution in [0.15, 0.2) is 12.3 Å². The summed E-state index contributed by atoms with van der Waals surface area (Å²) in [5.41, 5.74) is 5.99. The van der Waals surface area contributed by atoms with E-state index in [4.69, 9.17) is 17.3 Å². The third-order valence-corrected chi connectivity index (χ3v) is 1.84. The second-order valence-electron chi connectivity index (χ2n) is 4.30. The average molecular weight is 228 g/mol. The lowest BCUT2D eigenvalue weighted by atomic mass is 10.1. The quantitative estimate of drug-likeness (QED) is 0.720. The molecule has 4 nitrogen and oxygen atoms in total. The van der Waals surface area contributed by atoms with Gasteiger partial charge in [0, 0.05) is 5.54 Å². The van der Waals surface area contributed by atoms with Gasteiger partial charge in [0.1, 0.15) is 5.15 Å². The Morgan fingerprint density at radius 3 is 2.67 bits per heavy atom. The summed E-state index contributed by atoms with van der Waals surface area (Å²) in [7, 11) is 0. The molecule has 1 rings (SSSR count). The van der Waals surface area contributed by atoms with Crippen molar-refractivity contribution in [2.24, 2.45) is 0 Å². The Bertz CT molecular complexity index is 385. The second-order valence-corrected chi connectivity index (χ2v) is 4.69. The zero-order chi connectivity index (χ0) is 11.6. The molecule has 5 heteroatoms. The Labute approximate surface area is 93.8 Å². The number of nitrogen functional groups attached to an aromatic ring is 1. The number of rotatable bonds is 1. The van der Waals surface area contributed by atoms with E-state index in [1.807, 2.05) is 20.8 Å². The van der Waals surface area contributed by atoms with Crippen LogP contribution in [-0.4, -0.2) is 16.4 Å². The highest BCUT2D eigenvalue weighted by atomic mass is 35.5. The monoisotopic (exact) mass is 227 g/mol. The number of halogens is 1. The summed E-state index contributed by atoms with van der Waals surface area (Å²) in [5.74, 6) is -0.246. The lowest BCUT2D eigenvalue weighted by Gasteiger charge is -2.20. The zero-order valence-corrected chi connectivity index (χ0v) is 9.72. The normalized spacial score (nSPS) is 11.2. The summed E-state index contributed by atoms with van der Waals surface area (Å²) in [4.78, 5) is 15.5. The lowest BCUT2D eigenvalue weighted by Crippen LogP contribution is -2.40. The fraction of sp³-hybridized carbons (Fsp3) is 0.400. The molecular formula is C10H14ClN3O. The largest absolute Gasteiger partial charge is 0.397 e. The predicted octanol–water partition coefficient (Wildman–Crippen LogP) is 1.85. The van der Waals surface area contributed by atoms with Crippen molar-refractivity contribution in [3.05, 3.63) is 23.0 Å². The highest BCUT2D eigenvalue weighted by Gasteiger charge is 2.17. The number of nitrogens with two attached hydrogens (primary N) is 1. The van der Waals surface area contributed by atoms with E-state index in [0.29, 0.717) is 11.3 Å². The highest BCUT2D eigenvalue weighted by molar-refractivity contribution is 6.29. The molecule has 82 valence electrons. The van der Waals surface area contributed by atoms with Crippen molar-refractivity contribution in [3.8, 4) is 0 Å². The van der Waals surface area contributed by atoms with Gasteiger partial charge in [-0.25, -0.2) is 4.98 Å². The minimum atomic E-state index is -0.306. The lowest BCUT2D eigenvalue weighted by molar-refractivity contribution is 0.0920. The maximum atomic E-state index is 11.8. The van der Waals surface area contributed by atoms with Crippen molar-refractivity contribution in [3.63, 3.8) is 0 Å². The van der Waals surface area contributed by atoms with Gasteiger partial charge in [-0.05, 0) is 26.8 Å². The third-order valence-electron chi connectivity index (χ3n) is 1.63. The van der Waals surface area contributed by atoms with E-state index in [1.165, 1.54) is 12.3 Å². The van der Waals surface area contributed by atoms with Gasteiger partial charge < -0.3 is 11.1 Å². The van der Waals surface area contributed by atoms with Gasteiger partial charge in [0.2, 0.25) is 0 Å². The molecule has 0 aliphatic carbocycles. The Hall–Kier alpha value is -1.29. The van der Waals surface area contributed by atoms with E-state index < -0.39 is 0 Å². The molecular weight excluding hydrogens is 214 g/mol. The fourth-order valence-electron chi connectivity index (χ4n) is 1.05. The molecule has 0 fully saturated rings. The number of aromatic nitrogens is 1. The van der Waals surface area contributed by atoms with Gasteiger partial charge in [-0.2, -0.15) is 0 Å². The van der Waals surface area contributed by atoms with Crippen LogP contribution in [0.25, 0.3) is 0 Å². The van der Waals surface area contributed by atoms with Crippen molar-refractivity contribution in [2.45, 2.75) is 26.3 Å². The van der Waals surface area contributed by atoms with Crippen LogP contribution in [0, 0.1) is 0 Å². The van der Waals surface area contributed by atoms with E-state index in [2.05, 4.69) is 10.3 Å². The van der Waals surface area contributed by atoms with Crippen molar-refractivity contribution in [2.75, 3.05) is 5.73 Å². The molecule has 0 unspecified atom stereocenters. The molecule has 1 aromatic rings. The number of carbonyl (C=O) groups excluding carboxylic acids is 1. The van der Waals surface area contributed by atoms with Gasteiger partial charge in [0.25, 0.3) is 5.91 Å². The van der Waals surface area contributed by atoms with E-state index >= 15 is 0 Å². The van der Waals surface area contributed by atoms with E-state index in [1.54, 1.807) is 0 Å². The third kappa shape index (κ3) is 3.40. The Balaban J connectivity index is 2.96. The average Bonchev–Trinajstić information content (AvgIpc) is 2.06. The molecule has 3 N–H and O–H groups in total. The van der Waals surface area contributed by atoms with Gasteiger partial charge in [-0.3, -0.25) is 4.79 Å². The van der Waals surface area contributed by atoms with Gasteiger partial charge in [-0.1, -0.05) is 11.6 Å². The fourth-order valence-corrected chi connectivity index (χ4v) is 1.20. The number of hydrogen-bond donors (Lipinski definition) is 2. The highest BCUT2D eigenvalue weighted by Crippen LogP contribution is 2.15. The first kappa shape index (κ1) is 11.8. The molecule has 15 heavy (non-hydrogen) atoms. The Morgan fingerprint density at radius 1 is 1.53 bits per heavy atom. The van der Waals surface area contributed by atoms with Crippen molar-refractivity contribution in [1.29, 1.82) is 0 Å². The smallest absolute Gasteiger partial charge is 0.253 e. The molecule has 0 saturated heterocycles. The molecule has 0 aliphatic heterocycles. The number of pyridine rings is 1. The first-order valence-corrected chi connectivity index (χ1v) is 4.91. The minimum absolute atomic E-state index is 0.246. The summed E-state index contributed by atoms with van der Waals surface area (Å²) < 4.78 is 0. The van der Waals surface area contributed by atoms with E-state index in [-0.39, 0.29) is 16.6 Å². The Kier molecular flexibility index (Phi) is 3.19. The molecule has 0 spiro atoms. The summed E-state index contributed by atoms with van der Waals surface area (Å²) in [6, 6.07) is 1.46. The van der Waals surface area contributed by atoms with Crippen LogP contribution in [-0.2, 0) is 0 Å². The summed E-state index contributed by atoms with van der Waals surface area (Å²) in [6.45, 7) is 5.68. The first-order valence-electron chi connectivity index (χ1n) is 4.53. The van der Waals surface area contributed by atoms with Crippen LogP contribution in [0.1, 0.15) is 31.1 Å². The minimum Gasteiger partial charge on any atom is -0.397 e. The second kappa shape index (κ2) is 4.06. The molecule has 0 bridgehead atoms. The van der Waals surface area contributed by atoms with Crippen molar-refractivity contribution in [1.82, 2.24) is 10.3 Å². The van der Waals surface area contributed by atoms with Crippen LogP contribution in [0.5, 0.6) is 0 Å². The van der Waals surface area contributed by atoms with Gasteiger partial charge in [0.15, 0.2) is 0 Å². The number of anilines is 1. The van der Waals surface area contributed by atoms with E-state index in [9.17, 15) is 4.79 Å². The Morgan fingerprint density at radius 2 is 2.13 bits per heavy atom. The predicted molar refractivity (Wildman–Crippen MR) is 60.9 cm³/mol. The number of hydrogen-bond acceptors (Lipinski definition) is 3. The molecule has 0 radical (unpaired) electrons. The maximum absolute atomic E-state index is 11.8. The molecule has 0 aliphatic rings. The molecule has 0 atom stereocenters. The molecule has 0 aromatic carbocycles. The van der Waals surface area contributed by atoms with Crippen LogP contribution < -0.4 is 11.1 Å². The van der Waals surface area contributed by atoms with E-state index in [0.717, 1.165) is 0 Å².